The number of hydrogen-bond donors (Lipinski definition) is 1. The molecule has 0 saturated heterocycles. The van der Waals surface area contributed by atoms with E-state index >= 15 is 0 Å². The molecule has 82 valence electrons. The lowest BCUT2D eigenvalue weighted by atomic mass is 10.0. The average molecular weight is 217 g/mol. The Kier molecular flexibility index (Phi) is 2.83. The SMILES string of the molecule is COC(C(=O)O)c1cccc2ncccc12. The monoisotopic (exact) mass is 217 g/mol. The van der Waals surface area contributed by atoms with Gasteiger partial charge in [0, 0.05) is 24.3 Å². The zero-order valence-corrected chi connectivity index (χ0v) is 8.75. The number of ether oxygens (including phenoxy) is 1. The summed E-state index contributed by atoms with van der Waals surface area (Å²) in [5.41, 5.74) is 1.39. The molecule has 0 spiro atoms. The lowest BCUT2D eigenvalue weighted by molar-refractivity contribution is -0.148. The maximum Gasteiger partial charge on any atom is 0.337 e. The zero-order valence-electron chi connectivity index (χ0n) is 8.75. The predicted octanol–water partition coefficient (Wildman–Crippen LogP) is 2.01. The number of carbonyl (C=O) groups is 1. The molecule has 2 rings (SSSR count). The average Bonchev–Trinajstić information content (AvgIpc) is 2.30. The molecular weight excluding hydrogens is 206 g/mol. The third-order valence-corrected chi connectivity index (χ3v) is 2.42. The van der Waals surface area contributed by atoms with Gasteiger partial charge in [-0.05, 0) is 12.1 Å². The minimum Gasteiger partial charge on any atom is -0.479 e. The molecule has 2 aromatic rings. The van der Waals surface area contributed by atoms with Crippen molar-refractivity contribution >= 4 is 16.9 Å². The summed E-state index contributed by atoms with van der Waals surface area (Å²) in [6.07, 6.45) is 0.724. The van der Waals surface area contributed by atoms with Crippen molar-refractivity contribution < 1.29 is 14.6 Å². The van der Waals surface area contributed by atoms with Crippen LogP contribution in [0.1, 0.15) is 11.7 Å². The summed E-state index contributed by atoms with van der Waals surface area (Å²) in [5, 5.41) is 9.85. The predicted molar refractivity (Wildman–Crippen MR) is 59.1 cm³/mol. The van der Waals surface area contributed by atoms with E-state index in [1.807, 2.05) is 12.1 Å². The molecule has 0 aliphatic rings. The second-order valence-corrected chi connectivity index (χ2v) is 3.37. The smallest absolute Gasteiger partial charge is 0.337 e. The van der Waals surface area contributed by atoms with Gasteiger partial charge in [-0.25, -0.2) is 4.79 Å². The maximum absolute atomic E-state index is 11.0. The molecule has 1 aromatic carbocycles. The summed E-state index contributed by atoms with van der Waals surface area (Å²) in [4.78, 5) is 15.2. The molecule has 0 saturated carbocycles. The van der Waals surface area contributed by atoms with Crippen molar-refractivity contribution in [3.8, 4) is 0 Å². The zero-order chi connectivity index (χ0) is 11.5. The first-order valence-corrected chi connectivity index (χ1v) is 4.83. The molecule has 4 nitrogen and oxygen atoms in total. The number of carboxylic acid groups (broad SMARTS) is 1. The van der Waals surface area contributed by atoms with Crippen LogP contribution in [0.25, 0.3) is 10.9 Å². The molecule has 0 aliphatic heterocycles. The van der Waals surface area contributed by atoms with E-state index in [1.165, 1.54) is 7.11 Å². The number of methoxy groups -OCH3 is 1. The summed E-state index contributed by atoms with van der Waals surface area (Å²) in [6.45, 7) is 0. The van der Waals surface area contributed by atoms with Gasteiger partial charge in [-0.1, -0.05) is 18.2 Å². The standard InChI is InChI=1S/C12H11NO3/c1-16-11(12(14)15)9-4-2-6-10-8(9)5-3-7-13-10/h2-7,11H,1H3,(H,14,15). The minimum atomic E-state index is -1.00. The number of benzene rings is 1. The molecule has 1 heterocycles. The van der Waals surface area contributed by atoms with Gasteiger partial charge in [0.15, 0.2) is 6.10 Å². The van der Waals surface area contributed by atoms with Crippen molar-refractivity contribution in [2.24, 2.45) is 0 Å². The van der Waals surface area contributed by atoms with Crippen LogP contribution in [0.15, 0.2) is 36.5 Å². The van der Waals surface area contributed by atoms with Crippen molar-refractivity contribution in [3.63, 3.8) is 0 Å². The van der Waals surface area contributed by atoms with E-state index < -0.39 is 12.1 Å². The number of pyridine rings is 1. The number of aromatic nitrogens is 1. The molecule has 0 aliphatic carbocycles. The Labute approximate surface area is 92.5 Å². The number of rotatable bonds is 3. The van der Waals surface area contributed by atoms with E-state index in [1.54, 1.807) is 24.4 Å². The molecule has 1 aromatic heterocycles. The number of hydrogen-bond acceptors (Lipinski definition) is 3. The van der Waals surface area contributed by atoms with Crippen LogP contribution < -0.4 is 0 Å². The van der Waals surface area contributed by atoms with E-state index in [0.29, 0.717) is 5.56 Å². The van der Waals surface area contributed by atoms with Gasteiger partial charge >= 0.3 is 5.97 Å². The van der Waals surface area contributed by atoms with Gasteiger partial charge in [-0.2, -0.15) is 0 Å². The molecular formula is C12H11NO3. The Bertz CT molecular complexity index is 519. The van der Waals surface area contributed by atoms with E-state index in [0.717, 1.165) is 10.9 Å². The molecule has 1 atom stereocenters. The summed E-state index contributed by atoms with van der Waals surface area (Å²) in [5.74, 6) is -1.00. The molecule has 0 bridgehead atoms. The summed E-state index contributed by atoms with van der Waals surface area (Å²) < 4.78 is 4.98. The molecule has 16 heavy (non-hydrogen) atoms. The summed E-state index contributed by atoms with van der Waals surface area (Å²) in [6, 6.07) is 8.98. The van der Waals surface area contributed by atoms with Crippen LogP contribution in [0.2, 0.25) is 0 Å². The highest BCUT2D eigenvalue weighted by atomic mass is 16.5. The number of nitrogens with zero attached hydrogens (tertiary/aromatic N) is 1. The summed E-state index contributed by atoms with van der Waals surface area (Å²) >= 11 is 0. The fourth-order valence-corrected chi connectivity index (χ4v) is 1.72. The fourth-order valence-electron chi connectivity index (χ4n) is 1.72. The van der Waals surface area contributed by atoms with E-state index in [9.17, 15) is 4.79 Å². The van der Waals surface area contributed by atoms with Crippen molar-refractivity contribution in [2.75, 3.05) is 7.11 Å². The van der Waals surface area contributed by atoms with E-state index in [2.05, 4.69) is 4.98 Å². The molecule has 0 fully saturated rings. The first-order chi connectivity index (χ1) is 7.74. The van der Waals surface area contributed by atoms with Gasteiger partial charge in [-0.15, -0.1) is 0 Å². The Morgan fingerprint density at radius 1 is 1.38 bits per heavy atom. The van der Waals surface area contributed by atoms with Crippen molar-refractivity contribution in [3.05, 3.63) is 42.1 Å². The first kappa shape index (κ1) is 10.6. The van der Waals surface area contributed by atoms with Crippen molar-refractivity contribution in [1.29, 1.82) is 0 Å². The fraction of sp³-hybridized carbons (Fsp3) is 0.167. The third kappa shape index (κ3) is 1.75. The molecule has 0 radical (unpaired) electrons. The van der Waals surface area contributed by atoms with Crippen LogP contribution in [0.3, 0.4) is 0 Å². The Morgan fingerprint density at radius 3 is 2.88 bits per heavy atom. The van der Waals surface area contributed by atoms with Crippen molar-refractivity contribution in [2.45, 2.75) is 6.10 Å². The Hall–Kier alpha value is -1.94. The highest BCUT2D eigenvalue weighted by molar-refractivity contribution is 5.87. The molecule has 1 N–H and O–H groups in total. The summed E-state index contributed by atoms with van der Waals surface area (Å²) in [7, 11) is 1.38. The van der Waals surface area contributed by atoms with Gasteiger partial charge < -0.3 is 9.84 Å². The Balaban J connectivity index is 2.63. The number of fused-ring (bicyclic) bond motifs is 1. The van der Waals surface area contributed by atoms with E-state index in [4.69, 9.17) is 9.84 Å². The Morgan fingerprint density at radius 2 is 2.19 bits per heavy atom. The van der Waals surface area contributed by atoms with Gasteiger partial charge in [0.25, 0.3) is 0 Å². The third-order valence-electron chi connectivity index (χ3n) is 2.42. The van der Waals surface area contributed by atoms with Crippen LogP contribution in [-0.4, -0.2) is 23.2 Å². The first-order valence-electron chi connectivity index (χ1n) is 4.83. The van der Waals surface area contributed by atoms with Crippen LogP contribution in [0, 0.1) is 0 Å². The minimum absolute atomic E-state index is 0.626. The van der Waals surface area contributed by atoms with Gasteiger partial charge in [0.1, 0.15) is 0 Å². The van der Waals surface area contributed by atoms with Crippen LogP contribution in [-0.2, 0) is 9.53 Å². The molecule has 1 unspecified atom stereocenters. The lowest BCUT2D eigenvalue weighted by Gasteiger charge is -2.12. The second kappa shape index (κ2) is 4.28. The van der Waals surface area contributed by atoms with Crippen LogP contribution >= 0.6 is 0 Å². The van der Waals surface area contributed by atoms with Gasteiger partial charge in [-0.3, -0.25) is 4.98 Å². The number of aliphatic carboxylic acids is 1. The molecule has 0 amide bonds. The van der Waals surface area contributed by atoms with Crippen molar-refractivity contribution in [1.82, 2.24) is 4.98 Å². The van der Waals surface area contributed by atoms with Crippen LogP contribution in [0.5, 0.6) is 0 Å². The highest BCUT2D eigenvalue weighted by Crippen LogP contribution is 2.25. The molecule has 4 heteroatoms. The topological polar surface area (TPSA) is 59.4 Å². The van der Waals surface area contributed by atoms with E-state index in [-0.39, 0.29) is 0 Å². The van der Waals surface area contributed by atoms with Gasteiger partial charge in [0.2, 0.25) is 0 Å². The maximum atomic E-state index is 11.0. The lowest BCUT2D eigenvalue weighted by Crippen LogP contribution is -2.13. The quantitative estimate of drug-likeness (QED) is 0.854. The normalized spacial score (nSPS) is 12.6. The highest BCUT2D eigenvalue weighted by Gasteiger charge is 2.20. The van der Waals surface area contributed by atoms with Crippen LogP contribution in [0.4, 0.5) is 0 Å². The van der Waals surface area contributed by atoms with Gasteiger partial charge in [0.05, 0.1) is 5.52 Å². The second-order valence-electron chi connectivity index (χ2n) is 3.37. The largest absolute Gasteiger partial charge is 0.479 e. The number of carboxylic acids is 1.